The molecule has 3 aromatic heterocycles. The van der Waals surface area contributed by atoms with Crippen LogP contribution in [0.4, 0.5) is 0 Å². The number of hydrogen-bond donors (Lipinski definition) is 0. The lowest BCUT2D eigenvalue weighted by Crippen LogP contribution is -2.41. The number of aromatic nitrogens is 3. The summed E-state index contributed by atoms with van der Waals surface area (Å²) in [5.41, 5.74) is 0.0935. The molecule has 0 spiro atoms. The zero-order valence-electron chi connectivity index (χ0n) is 24.6. The summed E-state index contributed by atoms with van der Waals surface area (Å²) in [5, 5.41) is 0.294. The second-order valence-electron chi connectivity index (χ2n) is 9.97. The van der Waals surface area contributed by atoms with Crippen molar-refractivity contribution >= 4 is 29.1 Å². The minimum atomic E-state index is -3.83. The van der Waals surface area contributed by atoms with Gasteiger partial charge in [0.1, 0.15) is 29.2 Å². The van der Waals surface area contributed by atoms with Gasteiger partial charge in [-0.1, -0.05) is 18.2 Å². The fourth-order valence-electron chi connectivity index (χ4n) is 5.26. The highest BCUT2D eigenvalue weighted by Crippen LogP contribution is 2.49. The van der Waals surface area contributed by atoms with Gasteiger partial charge in [-0.3, -0.25) is 13.9 Å². The van der Waals surface area contributed by atoms with Gasteiger partial charge in [-0.25, -0.2) is 14.3 Å². The maximum absolute atomic E-state index is 14.3. The van der Waals surface area contributed by atoms with Gasteiger partial charge in [-0.2, -0.15) is 0 Å². The molecule has 4 aromatic rings. The van der Waals surface area contributed by atoms with E-state index in [0.717, 1.165) is 10.1 Å². The molecule has 1 aliphatic rings. The van der Waals surface area contributed by atoms with Crippen molar-refractivity contribution in [2.24, 2.45) is 0 Å². The Morgan fingerprint density at radius 3 is 2.49 bits per heavy atom. The van der Waals surface area contributed by atoms with Gasteiger partial charge in [0.15, 0.2) is 0 Å². The second-order valence-corrected chi connectivity index (χ2v) is 13.0. The Bertz CT molecular complexity index is 1700. The van der Waals surface area contributed by atoms with Gasteiger partial charge >= 0.3 is 13.3 Å². The molecule has 1 fully saturated rings. The fourth-order valence-corrected chi connectivity index (χ4v) is 8.13. The predicted octanol–water partition coefficient (Wildman–Crippen LogP) is 5.36. The molecule has 5 rings (SSSR count). The van der Waals surface area contributed by atoms with Crippen molar-refractivity contribution in [1.82, 2.24) is 14.1 Å². The molecule has 0 radical (unpaired) electrons. The summed E-state index contributed by atoms with van der Waals surface area (Å²) in [6.07, 6.45) is 3.11. The molecule has 12 nitrogen and oxygen atoms in total. The smallest absolute Gasteiger partial charge is 0.350 e. The maximum atomic E-state index is 14.3. The summed E-state index contributed by atoms with van der Waals surface area (Å²) in [6, 6.07) is 7.49. The van der Waals surface area contributed by atoms with Crippen LogP contribution >= 0.6 is 18.9 Å². The topological polar surface area (TPSA) is 133 Å². The maximum Gasteiger partial charge on any atom is 0.350 e. The van der Waals surface area contributed by atoms with Crippen molar-refractivity contribution in [1.29, 1.82) is 0 Å². The molecule has 0 saturated carbocycles. The van der Waals surface area contributed by atoms with Crippen molar-refractivity contribution in [3.05, 3.63) is 68.7 Å². The first-order chi connectivity index (χ1) is 20.8. The van der Waals surface area contributed by atoms with Crippen LogP contribution in [0.3, 0.4) is 0 Å². The van der Waals surface area contributed by atoms with Crippen molar-refractivity contribution in [2.75, 3.05) is 33.5 Å². The first-order valence-corrected chi connectivity index (χ1v) is 16.8. The largest absolute Gasteiger partial charge is 0.496 e. The van der Waals surface area contributed by atoms with Gasteiger partial charge in [0.2, 0.25) is 5.89 Å². The third-order valence-corrected chi connectivity index (χ3v) is 10.5. The molecule has 4 heterocycles. The summed E-state index contributed by atoms with van der Waals surface area (Å²) < 4.78 is 50.4. The summed E-state index contributed by atoms with van der Waals surface area (Å²) in [7, 11) is -2.24. The summed E-state index contributed by atoms with van der Waals surface area (Å²) in [6.45, 7) is 6.50. The first kappa shape index (κ1) is 31.4. The third-order valence-electron chi connectivity index (χ3n) is 7.25. The first-order valence-electron chi connectivity index (χ1n) is 14.2. The van der Waals surface area contributed by atoms with Crippen LogP contribution in [0.15, 0.2) is 50.7 Å². The minimum absolute atomic E-state index is 0.0475. The second kappa shape index (κ2) is 13.7. The molecular weight excluding hydrogens is 597 g/mol. The van der Waals surface area contributed by atoms with E-state index in [4.69, 9.17) is 27.7 Å². The number of rotatable bonds is 13. The van der Waals surface area contributed by atoms with Crippen molar-refractivity contribution < 1.29 is 32.2 Å². The number of ether oxygens (including phenoxy) is 3. The number of para-hydroxylation sites is 1. The van der Waals surface area contributed by atoms with E-state index in [1.165, 1.54) is 28.4 Å². The lowest BCUT2D eigenvalue weighted by atomic mass is 10.1. The van der Waals surface area contributed by atoms with E-state index >= 15 is 0 Å². The summed E-state index contributed by atoms with van der Waals surface area (Å²) in [5.74, 6) is 0.940. The Balaban J connectivity index is 1.71. The van der Waals surface area contributed by atoms with Crippen LogP contribution < -0.4 is 16.0 Å². The van der Waals surface area contributed by atoms with Crippen LogP contribution in [0.1, 0.15) is 43.9 Å². The van der Waals surface area contributed by atoms with Crippen LogP contribution in [0.5, 0.6) is 5.75 Å². The normalized spacial score (nSPS) is 15.3. The Hall–Kier alpha value is -3.06. The molecule has 1 atom stereocenters. The highest BCUT2D eigenvalue weighted by atomic mass is 32.1. The minimum Gasteiger partial charge on any atom is -0.496 e. The molecule has 14 heteroatoms. The molecule has 43 heavy (non-hydrogen) atoms. The van der Waals surface area contributed by atoms with E-state index in [0.29, 0.717) is 58.4 Å². The fraction of sp³-hybridized carbons (Fsp3) is 0.483. The Kier molecular flexibility index (Phi) is 10.0. The molecule has 0 unspecified atom stereocenters. The van der Waals surface area contributed by atoms with Gasteiger partial charge in [-0.05, 0) is 45.2 Å². The molecular formula is C29H36N3O9PS. The number of fused-ring (bicyclic) bond motifs is 1. The molecule has 0 aliphatic carbocycles. The van der Waals surface area contributed by atoms with E-state index in [9.17, 15) is 14.2 Å². The van der Waals surface area contributed by atoms with E-state index in [-0.39, 0.29) is 25.9 Å². The van der Waals surface area contributed by atoms with Gasteiger partial charge in [0.05, 0.1) is 49.4 Å². The SMILES string of the molecule is CCOP(=O)(Cn1c(=O)c2c(C)c(-c3ncco3)sc2n(C[C@H](OC2CCOCC2)c2ccccc2OC)c1=O)OCC. The van der Waals surface area contributed by atoms with Gasteiger partial charge in [-0.15, -0.1) is 11.3 Å². The van der Waals surface area contributed by atoms with Crippen molar-refractivity contribution in [3.8, 4) is 16.5 Å². The van der Waals surface area contributed by atoms with E-state index in [1.54, 1.807) is 27.9 Å². The van der Waals surface area contributed by atoms with Crippen LogP contribution in [0, 0.1) is 6.92 Å². The van der Waals surface area contributed by atoms with Gasteiger partial charge in [0, 0.05) is 18.8 Å². The van der Waals surface area contributed by atoms with Crippen LogP contribution in [-0.4, -0.2) is 53.8 Å². The molecule has 0 amide bonds. The molecule has 1 aliphatic heterocycles. The number of nitrogens with zero attached hydrogens (tertiary/aromatic N) is 3. The molecule has 1 aromatic carbocycles. The number of thiophene rings is 1. The Morgan fingerprint density at radius 1 is 1.12 bits per heavy atom. The zero-order valence-corrected chi connectivity index (χ0v) is 26.4. The number of hydrogen-bond acceptors (Lipinski definition) is 11. The molecule has 0 N–H and O–H groups in total. The van der Waals surface area contributed by atoms with E-state index in [1.807, 2.05) is 24.3 Å². The monoisotopic (exact) mass is 633 g/mol. The number of methoxy groups -OCH3 is 1. The van der Waals surface area contributed by atoms with Crippen LogP contribution in [0.2, 0.25) is 0 Å². The lowest BCUT2D eigenvalue weighted by Gasteiger charge is -2.29. The van der Waals surface area contributed by atoms with Crippen molar-refractivity contribution in [3.63, 3.8) is 0 Å². The van der Waals surface area contributed by atoms with E-state index in [2.05, 4.69) is 4.98 Å². The van der Waals surface area contributed by atoms with Gasteiger partial charge in [0.25, 0.3) is 5.56 Å². The average Bonchev–Trinajstić information content (AvgIpc) is 3.66. The van der Waals surface area contributed by atoms with Crippen LogP contribution in [0.25, 0.3) is 21.0 Å². The summed E-state index contributed by atoms with van der Waals surface area (Å²) in [4.78, 5) is 33.5. The predicted molar refractivity (Wildman–Crippen MR) is 162 cm³/mol. The molecule has 0 bridgehead atoms. The Morgan fingerprint density at radius 2 is 1.84 bits per heavy atom. The number of aryl methyl sites for hydroxylation is 1. The molecule has 1 saturated heterocycles. The highest BCUT2D eigenvalue weighted by Gasteiger charge is 2.31. The van der Waals surface area contributed by atoms with Crippen LogP contribution in [-0.2, 0) is 35.9 Å². The standard InChI is InChI=1S/C29H36N3O9PS/c1-5-39-42(35,40-6-2)18-32-27(33)24-19(3)25(26-30-13-16-38-26)43-28(24)31(29(32)34)17-23(41-20-11-14-37-15-12-20)21-9-7-8-10-22(21)36-4/h7-10,13,16,20,23H,5-6,11-12,14-15,17-18H2,1-4H3/t23-/m0/s1. The van der Waals surface area contributed by atoms with Gasteiger partial charge < -0.3 is 27.7 Å². The third kappa shape index (κ3) is 6.57. The van der Waals surface area contributed by atoms with Crippen molar-refractivity contribution in [2.45, 2.75) is 58.7 Å². The van der Waals surface area contributed by atoms with E-state index < -0.39 is 31.2 Å². The highest BCUT2D eigenvalue weighted by molar-refractivity contribution is 7.52. The lowest BCUT2D eigenvalue weighted by molar-refractivity contribution is -0.0753. The zero-order chi connectivity index (χ0) is 30.6. The summed E-state index contributed by atoms with van der Waals surface area (Å²) >= 11 is 1.23. The Labute approximate surface area is 252 Å². The number of oxazole rings is 1. The quantitative estimate of drug-likeness (QED) is 0.177. The number of benzene rings is 1. The average molecular weight is 634 g/mol. The molecule has 232 valence electrons.